The number of amides is 2. The van der Waals surface area contributed by atoms with E-state index in [4.69, 9.17) is 4.74 Å². The Hall–Kier alpha value is -3.37. The average molecular weight is 603 g/mol. The van der Waals surface area contributed by atoms with Crippen LogP contribution in [-0.4, -0.2) is 57.6 Å². The Balaban J connectivity index is 2.00. The van der Waals surface area contributed by atoms with Gasteiger partial charge in [-0.05, 0) is 54.4 Å². The Morgan fingerprint density at radius 1 is 0.974 bits per heavy atom. The van der Waals surface area contributed by atoms with Crippen molar-refractivity contribution in [3.05, 3.63) is 94.5 Å². The molecule has 0 saturated carbocycles. The molecule has 202 valence electrons. The fourth-order valence-corrected chi connectivity index (χ4v) is 5.34. The normalized spacial score (nSPS) is 11.9. The Morgan fingerprint density at radius 2 is 1.63 bits per heavy atom. The first-order chi connectivity index (χ1) is 18.1. The molecule has 0 saturated heterocycles. The van der Waals surface area contributed by atoms with Crippen molar-refractivity contribution in [2.24, 2.45) is 0 Å². The molecule has 0 aliphatic heterocycles. The largest absolute Gasteiger partial charge is 0.494 e. The minimum absolute atomic E-state index is 0.115. The molecule has 0 spiro atoms. The maximum Gasteiger partial charge on any atom is 0.244 e. The van der Waals surface area contributed by atoms with E-state index in [9.17, 15) is 18.0 Å². The Bertz CT molecular complexity index is 1330. The van der Waals surface area contributed by atoms with Crippen LogP contribution in [0.3, 0.4) is 0 Å². The summed E-state index contributed by atoms with van der Waals surface area (Å²) in [6.45, 7) is 1.97. The quantitative estimate of drug-likeness (QED) is 0.338. The van der Waals surface area contributed by atoms with Crippen LogP contribution in [0.5, 0.6) is 5.75 Å². The lowest BCUT2D eigenvalue weighted by Crippen LogP contribution is -2.52. The zero-order valence-electron chi connectivity index (χ0n) is 21.6. The number of halogens is 1. The molecular formula is C28H32BrN3O5S. The molecule has 0 aliphatic carbocycles. The van der Waals surface area contributed by atoms with Crippen molar-refractivity contribution >= 4 is 43.5 Å². The van der Waals surface area contributed by atoms with Gasteiger partial charge in [0.15, 0.2) is 0 Å². The minimum Gasteiger partial charge on any atom is -0.494 e. The Kier molecular flexibility index (Phi) is 10.3. The third-order valence-corrected chi connectivity index (χ3v) is 7.51. The predicted molar refractivity (Wildman–Crippen MR) is 152 cm³/mol. The van der Waals surface area contributed by atoms with Crippen LogP contribution in [-0.2, 0) is 32.6 Å². The zero-order valence-corrected chi connectivity index (χ0v) is 24.0. The van der Waals surface area contributed by atoms with Crippen molar-refractivity contribution in [3.63, 3.8) is 0 Å². The van der Waals surface area contributed by atoms with Gasteiger partial charge in [0.2, 0.25) is 21.8 Å². The van der Waals surface area contributed by atoms with Gasteiger partial charge in [-0.2, -0.15) is 0 Å². The van der Waals surface area contributed by atoms with E-state index < -0.39 is 28.5 Å². The molecule has 0 unspecified atom stereocenters. The van der Waals surface area contributed by atoms with E-state index in [0.717, 1.165) is 26.2 Å². The highest BCUT2D eigenvalue weighted by Crippen LogP contribution is 2.23. The number of nitrogens with zero attached hydrogens (tertiary/aromatic N) is 2. The van der Waals surface area contributed by atoms with Crippen LogP contribution in [0.2, 0.25) is 0 Å². The number of ether oxygens (including phenoxy) is 1. The highest BCUT2D eigenvalue weighted by Gasteiger charge is 2.32. The monoisotopic (exact) mass is 601 g/mol. The summed E-state index contributed by atoms with van der Waals surface area (Å²) in [4.78, 5) is 28.4. The number of anilines is 1. The van der Waals surface area contributed by atoms with Crippen LogP contribution < -0.4 is 14.4 Å². The number of carbonyl (C=O) groups excluding carboxylic acids is 2. The van der Waals surface area contributed by atoms with Gasteiger partial charge in [-0.25, -0.2) is 8.42 Å². The molecule has 1 N–H and O–H groups in total. The van der Waals surface area contributed by atoms with Crippen molar-refractivity contribution in [2.75, 3.05) is 30.8 Å². The SMILES string of the molecule is CCOc1ccc(N(CC(=O)N(Cc2cccc(Br)c2)[C@H](Cc2ccccc2)C(=O)NC)S(C)(=O)=O)cc1. The smallest absolute Gasteiger partial charge is 0.244 e. The fourth-order valence-electron chi connectivity index (χ4n) is 4.04. The predicted octanol–water partition coefficient (Wildman–Crippen LogP) is 4.00. The summed E-state index contributed by atoms with van der Waals surface area (Å²) < 4.78 is 32.9. The van der Waals surface area contributed by atoms with E-state index in [1.165, 1.54) is 11.9 Å². The van der Waals surface area contributed by atoms with E-state index in [-0.39, 0.29) is 18.9 Å². The number of benzene rings is 3. The average Bonchev–Trinajstić information content (AvgIpc) is 2.89. The van der Waals surface area contributed by atoms with E-state index in [1.54, 1.807) is 24.3 Å². The molecule has 10 heteroatoms. The van der Waals surface area contributed by atoms with Gasteiger partial charge in [0, 0.05) is 24.5 Å². The first-order valence-electron chi connectivity index (χ1n) is 12.1. The van der Waals surface area contributed by atoms with Gasteiger partial charge in [0.25, 0.3) is 0 Å². The number of hydrogen-bond acceptors (Lipinski definition) is 5. The van der Waals surface area contributed by atoms with Gasteiger partial charge in [0.05, 0.1) is 18.6 Å². The standard InChI is InChI=1S/C28H32BrN3O5S/c1-4-37-25-15-13-24(14-16-25)32(38(3,35)36)20-27(33)31(19-22-11-8-12-23(29)17-22)26(28(34)30-2)18-21-9-6-5-7-10-21/h5-17,26H,4,18-20H2,1-3H3,(H,30,34)/t26-/m1/s1. The molecule has 0 heterocycles. The molecule has 0 aromatic heterocycles. The first kappa shape index (κ1) is 29.2. The molecule has 3 aromatic carbocycles. The number of hydrogen-bond donors (Lipinski definition) is 1. The third kappa shape index (κ3) is 8.06. The molecule has 0 aliphatic rings. The molecule has 0 bridgehead atoms. The molecular weight excluding hydrogens is 570 g/mol. The first-order valence-corrected chi connectivity index (χ1v) is 14.8. The number of sulfonamides is 1. The molecule has 0 fully saturated rings. The maximum absolute atomic E-state index is 13.9. The van der Waals surface area contributed by atoms with Crippen molar-refractivity contribution in [3.8, 4) is 5.75 Å². The van der Waals surface area contributed by atoms with Crippen molar-refractivity contribution in [2.45, 2.75) is 25.9 Å². The van der Waals surface area contributed by atoms with Gasteiger partial charge in [-0.1, -0.05) is 58.4 Å². The maximum atomic E-state index is 13.9. The van der Waals surface area contributed by atoms with Gasteiger partial charge in [-0.15, -0.1) is 0 Å². The minimum atomic E-state index is -3.82. The highest BCUT2D eigenvalue weighted by atomic mass is 79.9. The Labute approximate surface area is 232 Å². The van der Waals surface area contributed by atoms with Crippen LogP contribution in [0.4, 0.5) is 5.69 Å². The van der Waals surface area contributed by atoms with E-state index in [1.807, 2.05) is 61.5 Å². The van der Waals surface area contributed by atoms with E-state index in [2.05, 4.69) is 21.2 Å². The van der Waals surface area contributed by atoms with Crippen LogP contribution in [0.1, 0.15) is 18.1 Å². The topological polar surface area (TPSA) is 96.0 Å². The van der Waals surface area contributed by atoms with Crippen LogP contribution in [0.15, 0.2) is 83.3 Å². The highest BCUT2D eigenvalue weighted by molar-refractivity contribution is 9.10. The van der Waals surface area contributed by atoms with Crippen LogP contribution in [0, 0.1) is 0 Å². The van der Waals surface area contributed by atoms with E-state index >= 15 is 0 Å². The second-order valence-electron chi connectivity index (χ2n) is 8.67. The molecule has 38 heavy (non-hydrogen) atoms. The van der Waals surface area contributed by atoms with Crippen molar-refractivity contribution in [1.29, 1.82) is 0 Å². The van der Waals surface area contributed by atoms with Gasteiger partial charge in [-0.3, -0.25) is 13.9 Å². The van der Waals surface area contributed by atoms with Crippen LogP contribution in [0.25, 0.3) is 0 Å². The third-order valence-electron chi connectivity index (χ3n) is 5.87. The number of likely N-dealkylation sites (N-methyl/N-ethyl adjacent to an activating group) is 1. The van der Waals surface area contributed by atoms with Gasteiger partial charge < -0.3 is 15.0 Å². The van der Waals surface area contributed by atoms with Crippen LogP contribution >= 0.6 is 15.9 Å². The van der Waals surface area contributed by atoms with Crippen molar-refractivity contribution in [1.82, 2.24) is 10.2 Å². The lowest BCUT2D eigenvalue weighted by Gasteiger charge is -2.33. The number of carbonyl (C=O) groups is 2. The summed E-state index contributed by atoms with van der Waals surface area (Å²) in [5.41, 5.74) is 1.99. The van der Waals surface area contributed by atoms with E-state index in [0.29, 0.717) is 18.0 Å². The Morgan fingerprint density at radius 3 is 2.21 bits per heavy atom. The number of rotatable bonds is 12. The summed E-state index contributed by atoms with van der Waals surface area (Å²) in [5, 5.41) is 2.66. The lowest BCUT2D eigenvalue weighted by molar-refractivity contribution is -0.139. The summed E-state index contributed by atoms with van der Waals surface area (Å²) in [6.07, 6.45) is 1.32. The van der Waals surface area contributed by atoms with Gasteiger partial charge >= 0.3 is 0 Å². The second-order valence-corrected chi connectivity index (χ2v) is 11.5. The molecule has 0 radical (unpaired) electrons. The second kappa shape index (κ2) is 13.4. The lowest BCUT2D eigenvalue weighted by atomic mass is 10.0. The number of nitrogens with one attached hydrogen (secondary N) is 1. The zero-order chi connectivity index (χ0) is 27.7. The summed E-state index contributed by atoms with van der Waals surface area (Å²) in [6, 6.07) is 22.5. The molecule has 1 atom stereocenters. The molecule has 3 aromatic rings. The summed E-state index contributed by atoms with van der Waals surface area (Å²) in [5.74, 6) is -0.257. The fraction of sp³-hybridized carbons (Fsp3) is 0.286. The van der Waals surface area contributed by atoms with Crippen molar-refractivity contribution < 1.29 is 22.7 Å². The summed E-state index contributed by atoms with van der Waals surface area (Å²) in [7, 11) is -2.31. The van der Waals surface area contributed by atoms with Gasteiger partial charge in [0.1, 0.15) is 18.3 Å². The summed E-state index contributed by atoms with van der Waals surface area (Å²) >= 11 is 3.46. The molecule has 3 rings (SSSR count). The molecule has 2 amide bonds. The molecule has 8 nitrogen and oxygen atoms in total.